The normalized spacial score (nSPS) is 11.1. The second-order valence-electron chi connectivity index (χ2n) is 5.37. The smallest absolute Gasteiger partial charge is 0.255 e. The molecule has 0 unspecified atom stereocenters. The summed E-state index contributed by atoms with van der Waals surface area (Å²) < 4.78 is 25.0. The molecule has 2 rings (SSSR count). The number of rotatable bonds is 5. The molecule has 0 spiro atoms. The molecule has 2 aromatic carbocycles. The van der Waals surface area contributed by atoms with Gasteiger partial charge in [-0.15, -0.1) is 0 Å². The van der Waals surface area contributed by atoms with E-state index in [4.69, 9.17) is 0 Å². The Labute approximate surface area is 136 Å². The molecule has 0 aliphatic rings. The van der Waals surface area contributed by atoms with Gasteiger partial charge in [0.15, 0.2) is 0 Å². The quantitative estimate of drug-likeness (QED) is 0.883. The van der Waals surface area contributed by atoms with Gasteiger partial charge in [0.05, 0.1) is 11.9 Å². The Balaban J connectivity index is 2.22. The number of carbonyl (C=O) groups is 1. The molecule has 0 saturated heterocycles. The summed E-state index contributed by atoms with van der Waals surface area (Å²) in [6, 6.07) is 12.5. The van der Waals surface area contributed by atoms with Crippen molar-refractivity contribution in [2.24, 2.45) is 0 Å². The topological polar surface area (TPSA) is 75.3 Å². The van der Waals surface area contributed by atoms with Crippen molar-refractivity contribution in [2.75, 3.05) is 16.3 Å². The minimum Gasteiger partial charge on any atom is -0.322 e. The van der Waals surface area contributed by atoms with Crippen LogP contribution in [0.25, 0.3) is 0 Å². The van der Waals surface area contributed by atoms with E-state index in [1.54, 1.807) is 25.1 Å². The Bertz CT molecular complexity index is 829. The number of nitrogens with one attached hydrogen (secondary N) is 2. The average molecular weight is 332 g/mol. The molecule has 0 bridgehead atoms. The van der Waals surface area contributed by atoms with E-state index < -0.39 is 10.0 Å². The van der Waals surface area contributed by atoms with Crippen LogP contribution in [-0.2, 0) is 16.4 Å². The van der Waals surface area contributed by atoms with Crippen molar-refractivity contribution >= 4 is 27.3 Å². The van der Waals surface area contributed by atoms with Gasteiger partial charge in [0, 0.05) is 11.3 Å². The first-order valence-electron chi connectivity index (χ1n) is 7.28. The zero-order chi connectivity index (χ0) is 17.0. The van der Waals surface area contributed by atoms with Crippen LogP contribution in [0, 0.1) is 6.92 Å². The number of carbonyl (C=O) groups excluding carboxylic acids is 1. The average Bonchev–Trinajstić information content (AvgIpc) is 2.48. The Kier molecular flexibility index (Phi) is 5.05. The minimum atomic E-state index is -3.34. The molecule has 0 atom stereocenters. The second kappa shape index (κ2) is 6.83. The van der Waals surface area contributed by atoms with E-state index in [9.17, 15) is 13.2 Å². The number of aryl methyl sites for hydroxylation is 2. The number of hydrogen-bond acceptors (Lipinski definition) is 3. The Hall–Kier alpha value is -2.34. The molecule has 0 fully saturated rings. The van der Waals surface area contributed by atoms with Crippen molar-refractivity contribution in [3.8, 4) is 0 Å². The predicted molar refractivity (Wildman–Crippen MR) is 93.4 cm³/mol. The van der Waals surface area contributed by atoms with Crippen molar-refractivity contribution < 1.29 is 13.2 Å². The van der Waals surface area contributed by atoms with E-state index >= 15 is 0 Å². The third kappa shape index (κ3) is 4.56. The summed E-state index contributed by atoms with van der Waals surface area (Å²) in [5.41, 5.74) is 3.49. The first kappa shape index (κ1) is 17.0. The van der Waals surface area contributed by atoms with Crippen molar-refractivity contribution in [1.29, 1.82) is 0 Å². The number of benzene rings is 2. The minimum absolute atomic E-state index is 0.222. The number of amides is 1. The maximum atomic E-state index is 12.4. The van der Waals surface area contributed by atoms with Crippen LogP contribution < -0.4 is 10.0 Å². The summed E-state index contributed by atoms with van der Waals surface area (Å²) in [4.78, 5) is 12.4. The van der Waals surface area contributed by atoms with Gasteiger partial charge < -0.3 is 5.32 Å². The van der Waals surface area contributed by atoms with Crippen molar-refractivity contribution in [3.05, 3.63) is 59.2 Å². The van der Waals surface area contributed by atoms with Crippen molar-refractivity contribution in [3.63, 3.8) is 0 Å². The molecule has 23 heavy (non-hydrogen) atoms. The standard InChI is InChI=1S/C17H20N2O3S/c1-4-13-7-5-6-8-16(13)18-17(20)14-9-10-15(12(2)11-14)19-23(3,21)22/h5-11,19H,4H2,1-3H3,(H,18,20). The van der Waals surface area contributed by atoms with E-state index in [2.05, 4.69) is 10.0 Å². The van der Waals surface area contributed by atoms with Crippen LogP contribution in [0.2, 0.25) is 0 Å². The molecule has 1 amide bonds. The fourth-order valence-electron chi connectivity index (χ4n) is 2.26. The zero-order valence-corrected chi connectivity index (χ0v) is 14.2. The highest BCUT2D eigenvalue weighted by molar-refractivity contribution is 7.92. The molecule has 0 aliphatic carbocycles. The van der Waals surface area contributed by atoms with E-state index in [0.29, 0.717) is 16.8 Å². The molecule has 6 heteroatoms. The lowest BCUT2D eigenvalue weighted by Gasteiger charge is -2.12. The van der Waals surface area contributed by atoms with Crippen molar-refractivity contribution in [1.82, 2.24) is 0 Å². The van der Waals surface area contributed by atoms with Crippen LogP contribution in [0.5, 0.6) is 0 Å². The summed E-state index contributed by atoms with van der Waals surface area (Å²) in [6.45, 7) is 3.78. The largest absolute Gasteiger partial charge is 0.322 e. The number of para-hydroxylation sites is 1. The summed E-state index contributed by atoms with van der Waals surface area (Å²) in [6.07, 6.45) is 1.92. The van der Waals surface area contributed by atoms with Gasteiger partial charge in [0.25, 0.3) is 5.91 Å². The monoisotopic (exact) mass is 332 g/mol. The fraction of sp³-hybridized carbons (Fsp3) is 0.235. The molecule has 0 aliphatic heterocycles. The van der Waals surface area contributed by atoms with Gasteiger partial charge >= 0.3 is 0 Å². The molecular formula is C17H20N2O3S. The predicted octanol–water partition coefficient (Wildman–Crippen LogP) is 3.18. The number of hydrogen-bond donors (Lipinski definition) is 2. The zero-order valence-electron chi connectivity index (χ0n) is 13.4. The lowest BCUT2D eigenvalue weighted by Crippen LogP contribution is -2.14. The second-order valence-corrected chi connectivity index (χ2v) is 7.12. The van der Waals surface area contributed by atoms with Gasteiger partial charge in [-0.1, -0.05) is 25.1 Å². The number of anilines is 2. The summed E-state index contributed by atoms with van der Waals surface area (Å²) in [5, 5.41) is 2.90. The van der Waals surface area contributed by atoms with Crippen LogP contribution in [-0.4, -0.2) is 20.6 Å². The van der Waals surface area contributed by atoms with Gasteiger partial charge in [0.1, 0.15) is 0 Å². The SMILES string of the molecule is CCc1ccccc1NC(=O)c1ccc(NS(C)(=O)=O)c(C)c1. The third-order valence-electron chi connectivity index (χ3n) is 3.43. The number of sulfonamides is 1. The molecule has 5 nitrogen and oxygen atoms in total. The first-order valence-corrected chi connectivity index (χ1v) is 9.17. The Morgan fingerprint density at radius 2 is 1.78 bits per heavy atom. The van der Waals surface area contributed by atoms with Crippen LogP contribution >= 0.6 is 0 Å². The van der Waals surface area contributed by atoms with Gasteiger partial charge in [-0.3, -0.25) is 9.52 Å². The maximum Gasteiger partial charge on any atom is 0.255 e. The lowest BCUT2D eigenvalue weighted by molar-refractivity contribution is 0.102. The van der Waals surface area contributed by atoms with Gasteiger partial charge in [-0.25, -0.2) is 8.42 Å². The first-order chi connectivity index (χ1) is 10.8. The van der Waals surface area contributed by atoms with E-state index in [1.807, 2.05) is 31.2 Å². The molecule has 0 radical (unpaired) electrons. The van der Waals surface area contributed by atoms with Gasteiger partial charge in [-0.2, -0.15) is 0 Å². The molecule has 2 N–H and O–H groups in total. The van der Waals surface area contributed by atoms with Crippen molar-refractivity contribution in [2.45, 2.75) is 20.3 Å². The molecule has 2 aromatic rings. The summed E-state index contributed by atoms with van der Waals surface area (Å²) in [7, 11) is -3.34. The lowest BCUT2D eigenvalue weighted by atomic mass is 10.1. The van der Waals surface area contributed by atoms with Gasteiger partial charge in [0.2, 0.25) is 10.0 Å². The summed E-state index contributed by atoms with van der Waals surface area (Å²) in [5.74, 6) is -0.222. The molecule has 0 heterocycles. The molecule has 122 valence electrons. The highest BCUT2D eigenvalue weighted by Crippen LogP contribution is 2.20. The maximum absolute atomic E-state index is 12.4. The van der Waals surface area contributed by atoms with E-state index in [1.165, 1.54) is 0 Å². The molecular weight excluding hydrogens is 312 g/mol. The van der Waals surface area contributed by atoms with Gasteiger partial charge in [-0.05, 0) is 48.7 Å². The Morgan fingerprint density at radius 1 is 1.09 bits per heavy atom. The third-order valence-corrected chi connectivity index (χ3v) is 4.02. The highest BCUT2D eigenvalue weighted by atomic mass is 32.2. The summed E-state index contributed by atoms with van der Waals surface area (Å²) >= 11 is 0. The van der Waals surface area contributed by atoms with Crippen LogP contribution in [0.3, 0.4) is 0 Å². The molecule has 0 aromatic heterocycles. The van der Waals surface area contributed by atoms with E-state index in [-0.39, 0.29) is 5.91 Å². The highest BCUT2D eigenvalue weighted by Gasteiger charge is 2.11. The van der Waals surface area contributed by atoms with Crippen LogP contribution in [0.4, 0.5) is 11.4 Å². The van der Waals surface area contributed by atoms with E-state index in [0.717, 1.165) is 23.9 Å². The Morgan fingerprint density at radius 3 is 2.39 bits per heavy atom. The van der Waals surface area contributed by atoms with Crippen LogP contribution in [0.1, 0.15) is 28.4 Å². The van der Waals surface area contributed by atoms with Crippen LogP contribution in [0.15, 0.2) is 42.5 Å². The molecule has 0 saturated carbocycles. The fourth-order valence-corrected chi connectivity index (χ4v) is 2.89.